The van der Waals surface area contributed by atoms with E-state index in [9.17, 15) is 13.2 Å². The molecule has 0 aliphatic carbocycles. The Kier molecular flexibility index (Phi) is 6.02. The summed E-state index contributed by atoms with van der Waals surface area (Å²) in [4.78, 5) is 0. The second-order valence-corrected chi connectivity index (χ2v) is 5.80. The van der Waals surface area contributed by atoms with Crippen LogP contribution < -0.4 is 5.32 Å². The highest BCUT2D eigenvalue weighted by atomic mass is 19.4. The quantitative estimate of drug-likeness (QED) is 0.862. The van der Waals surface area contributed by atoms with E-state index in [4.69, 9.17) is 4.74 Å². The fourth-order valence-corrected chi connectivity index (χ4v) is 1.79. The van der Waals surface area contributed by atoms with Crippen molar-refractivity contribution in [1.29, 1.82) is 0 Å². The largest absolute Gasteiger partial charge is 0.411 e. The van der Waals surface area contributed by atoms with E-state index in [1.807, 2.05) is 24.3 Å². The molecular formula is C15H22F3NO. The Hall–Kier alpha value is -1.07. The molecule has 20 heavy (non-hydrogen) atoms. The summed E-state index contributed by atoms with van der Waals surface area (Å²) in [5.74, 6) is 0. The zero-order valence-electron chi connectivity index (χ0n) is 12.2. The molecule has 0 aromatic heterocycles. The molecule has 0 heterocycles. The lowest BCUT2D eigenvalue weighted by Gasteiger charge is -2.21. The van der Waals surface area contributed by atoms with Gasteiger partial charge in [0.2, 0.25) is 0 Å². The number of nitrogens with one attached hydrogen (secondary N) is 1. The zero-order chi connectivity index (χ0) is 15.2. The average Bonchev–Trinajstić information content (AvgIpc) is 2.28. The standard InChI is InChI=1S/C15H22F3NO/c1-14(2,3)19-9-8-12-6-4-5-7-13(12)10-20-11-15(16,17)18/h4-7,19H,8-11H2,1-3H3. The molecule has 0 saturated heterocycles. The molecule has 0 saturated carbocycles. The lowest BCUT2D eigenvalue weighted by molar-refractivity contribution is -0.176. The summed E-state index contributed by atoms with van der Waals surface area (Å²) in [5.41, 5.74) is 1.86. The van der Waals surface area contributed by atoms with E-state index in [2.05, 4.69) is 26.1 Å². The van der Waals surface area contributed by atoms with Crippen LogP contribution in [-0.2, 0) is 17.8 Å². The molecule has 1 N–H and O–H groups in total. The van der Waals surface area contributed by atoms with Crippen LogP contribution in [-0.4, -0.2) is 24.9 Å². The van der Waals surface area contributed by atoms with Gasteiger partial charge in [0.25, 0.3) is 0 Å². The second kappa shape index (κ2) is 7.09. The summed E-state index contributed by atoms with van der Waals surface area (Å²) in [6.45, 7) is 5.79. The highest BCUT2D eigenvalue weighted by molar-refractivity contribution is 5.26. The van der Waals surface area contributed by atoms with Crippen molar-refractivity contribution in [2.24, 2.45) is 0 Å². The first-order valence-electron chi connectivity index (χ1n) is 6.64. The number of rotatable bonds is 6. The van der Waals surface area contributed by atoms with Crippen LogP contribution in [0.1, 0.15) is 31.9 Å². The second-order valence-electron chi connectivity index (χ2n) is 5.80. The first-order chi connectivity index (χ1) is 9.17. The van der Waals surface area contributed by atoms with Gasteiger partial charge >= 0.3 is 6.18 Å². The van der Waals surface area contributed by atoms with Crippen molar-refractivity contribution in [3.8, 4) is 0 Å². The predicted octanol–water partition coefficient (Wildman–Crippen LogP) is 3.70. The number of benzene rings is 1. The van der Waals surface area contributed by atoms with Crippen molar-refractivity contribution < 1.29 is 17.9 Å². The Bertz CT molecular complexity index is 371. The average molecular weight is 289 g/mol. The zero-order valence-corrected chi connectivity index (χ0v) is 12.2. The van der Waals surface area contributed by atoms with Crippen molar-refractivity contribution in [2.75, 3.05) is 13.2 Å². The topological polar surface area (TPSA) is 21.3 Å². The molecule has 114 valence electrons. The van der Waals surface area contributed by atoms with E-state index in [1.165, 1.54) is 0 Å². The van der Waals surface area contributed by atoms with Gasteiger partial charge in [0.15, 0.2) is 0 Å². The van der Waals surface area contributed by atoms with E-state index in [0.717, 1.165) is 24.1 Å². The fraction of sp³-hybridized carbons (Fsp3) is 0.600. The van der Waals surface area contributed by atoms with Gasteiger partial charge in [-0.25, -0.2) is 0 Å². The Balaban J connectivity index is 2.51. The summed E-state index contributed by atoms with van der Waals surface area (Å²) in [6.07, 6.45) is -3.51. The van der Waals surface area contributed by atoms with Crippen LogP contribution in [0, 0.1) is 0 Å². The molecule has 1 aromatic carbocycles. The van der Waals surface area contributed by atoms with Crippen molar-refractivity contribution in [1.82, 2.24) is 5.32 Å². The number of halogens is 3. The van der Waals surface area contributed by atoms with Crippen LogP contribution in [0.15, 0.2) is 24.3 Å². The van der Waals surface area contributed by atoms with Gasteiger partial charge in [-0.2, -0.15) is 13.2 Å². The molecule has 0 amide bonds. The highest BCUT2D eigenvalue weighted by Crippen LogP contribution is 2.17. The monoisotopic (exact) mass is 289 g/mol. The smallest absolute Gasteiger partial charge is 0.367 e. The van der Waals surface area contributed by atoms with Crippen molar-refractivity contribution in [2.45, 2.75) is 45.5 Å². The normalized spacial score (nSPS) is 12.7. The Labute approximate surface area is 118 Å². The first kappa shape index (κ1) is 17.0. The van der Waals surface area contributed by atoms with Crippen molar-refractivity contribution in [3.63, 3.8) is 0 Å². The van der Waals surface area contributed by atoms with Gasteiger partial charge in [-0.1, -0.05) is 24.3 Å². The van der Waals surface area contributed by atoms with Gasteiger partial charge in [-0.05, 0) is 44.9 Å². The summed E-state index contributed by atoms with van der Waals surface area (Å²) in [6, 6.07) is 7.44. The van der Waals surface area contributed by atoms with Crippen molar-refractivity contribution in [3.05, 3.63) is 35.4 Å². The Morgan fingerprint density at radius 3 is 2.20 bits per heavy atom. The van der Waals surface area contributed by atoms with E-state index in [1.54, 1.807) is 0 Å². The molecule has 0 aliphatic rings. The lowest BCUT2D eigenvalue weighted by Crippen LogP contribution is -2.37. The number of hydrogen-bond donors (Lipinski definition) is 1. The maximum atomic E-state index is 12.1. The number of hydrogen-bond acceptors (Lipinski definition) is 2. The van der Waals surface area contributed by atoms with Crippen LogP contribution >= 0.6 is 0 Å². The minimum Gasteiger partial charge on any atom is -0.367 e. The summed E-state index contributed by atoms with van der Waals surface area (Å²) in [5, 5.41) is 3.36. The summed E-state index contributed by atoms with van der Waals surface area (Å²) in [7, 11) is 0. The van der Waals surface area contributed by atoms with Crippen LogP contribution in [0.25, 0.3) is 0 Å². The van der Waals surface area contributed by atoms with Gasteiger partial charge in [0.1, 0.15) is 6.61 Å². The third-order valence-corrected chi connectivity index (χ3v) is 2.69. The molecule has 0 aliphatic heterocycles. The van der Waals surface area contributed by atoms with Gasteiger partial charge in [0, 0.05) is 5.54 Å². The van der Waals surface area contributed by atoms with Gasteiger partial charge in [-0.3, -0.25) is 0 Å². The van der Waals surface area contributed by atoms with E-state index in [0.29, 0.717) is 0 Å². The van der Waals surface area contributed by atoms with Gasteiger partial charge in [-0.15, -0.1) is 0 Å². The van der Waals surface area contributed by atoms with Crippen LogP contribution in [0.4, 0.5) is 13.2 Å². The van der Waals surface area contributed by atoms with Crippen LogP contribution in [0.2, 0.25) is 0 Å². The lowest BCUT2D eigenvalue weighted by atomic mass is 10.0. The minimum absolute atomic E-state index is 0.00873. The van der Waals surface area contributed by atoms with Crippen LogP contribution in [0.3, 0.4) is 0 Å². The predicted molar refractivity (Wildman–Crippen MR) is 73.6 cm³/mol. The maximum absolute atomic E-state index is 12.1. The van der Waals surface area contributed by atoms with Crippen LogP contribution in [0.5, 0.6) is 0 Å². The number of ether oxygens (including phenoxy) is 1. The Morgan fingerprint density at radius 2 is 1.65 bits per heavy atom. The SMILES string of the molecule is CC(C)(C)NCCc1ccccc1COCC(F)(F)F. The molecule has 1 rings (SSSR count). The molecule has 2 nitrogen and oxygen atoms in total. The molecule has 0 unspecified atom stereocenters. The molecule has 0 fully saturated rings. The summed E-state index contributed by atoms with van der Waals surface area (Å²) >= 11 is 0. The molecule has 0 radical (unpaired) electrons. The molecule has 0 bridgehead atoms. The van der Waals surface area contributed by atoms with E-state index in [-0.39, 0.29) is 12.1 Å². The van der Waals surface area contributed by atoms with Gasteiger partial charge < -0.3 is 10.1 Å². The molecule has 5 heteroatoms. The fourth-order valence-electron chi connectivity index (χ4n) is 1.79. The summed E-state index contributed by atoms with van der Waals surface area (Å²) < 4.78 is 40.9. The van der Waals surface area contributed by atoms with E-state index < -0.39 is 12.8 Å². The highest BCUT2D eigenvalue weighted by Gasteiger charge is 2.27. The maximum Gasteiger partial charge on any atom is 0.411 e. The molecule has 0 atom stereocenters. The molecular weight excluding hydrogens is 267 g/mol. The van der Waals surface area contributed by atoms with E-state index >= 15 is 0 Å². The van der Waals surface area contributed by atoms with Gasteiger partial charge in [0.05, 0.1) is 6.61 Å². The third kappa shape index (κ3) is 7.50. The minimum atomic E-state index is -4.28. The molecule has 1 aromatic rings. The van der Waals surface area contributed by atoms with Crippen molar-refractivity contribution >= 4 is 0 Å². The third-order valence-electron chi connectivity index (χ3n) is 2.69. The molecule has 0 spiro atoms. The number of alkyl halides is 3. The first-order valence-corrected chi connectivity index (χ1v) is 6.64. The Morgan fingerprint density at radius 1 is 1.05 bits per heavy atom.